The zero-order valence-corrected chi connectivity index (χ0v) is 14.8. The Bertz CT molecular complexity index is 315. The number of carbonyl (C=O) groups is 1. The molecule has 1 fully saturated rings. The fraction of sp³-hybridized carbons (Fsp3) is 0.812. The molecule has 1 aliphatic rings. The Balaban J connectivity index is 2.19. The van der Waals surface area contributed by atoms with Crippen LogP contribution in [0.1, 0.15) is 46.0 Å². The summed E-state index contributed by atoms with van der Waals surface area (Å²) in [5.41, 5.74) is 0. The fourth-order valence-electron chi connectivity index (χ4n) is 2.05. The van der Waals surface area contributed by atoms with Crippen LogP contribution in [0.4, 0.5) is 0 Å². The highest BCUT2D eigenvalue weighted by molar-refractivity contribution is 8.17. The van der Waals surface area contributed by atoms with Crippen molar-refractivity contribution in [3.63, 3.8) is 0 Å². The van der Waals surface area contributed by atoms with E-state index >= 15 is 0 Å². The van der Waals surface area contributed by atoms with E-state index in [2.05, 4.69) is 6.58 Å². The van der Waals surface area contributed by atoms with Gasteiger partial charge in [-0.25, -0.2) is 0 Å². The first kappa shape index (κ1) is 18.9. The SMILES string of the molecule is C=C[C@H](C[C@H](O)C(C)C)OC(=O)CCCC1SCCCS1. The molecule has 0 bridgehead atoms. The lowest BCUT2D eigenvalue weighted by Gasteiger charge is -2.21. The lowest BCUT2D eigenvalue weighted by atomic mass is 10.0. The smallest absolute Gasteiger partial charge is 0.306 e. The lowest BCUT2D eigenvalue weighted by Crippen LogP contribution is -2.25. The molecule has 1 saturated heterocycles. The van der Waals surface area contributed by atoms with E-state index in [4.69, 9.17) is 4.74 Å². The summed E-state index contributed by atoms with van der Waals surface area (Å²) in [6.07, 6.45) is 4.90. The third-order valence-electron chi connectivity index (χ3n) is 3.51. The van der Waals surface area contributed by atoms with Gasteiger partial charge in [0.2, 0.25) is 0 Å². The van der Waals surface area contributed by atoms with E-state index in [1.54, 1.807) is 6.08 Å². The first-order chi connectivity index (χ1) is 10.0. The van der Waals surface area contributed by atoms with E-state index < -0.39 is 6.10 Å². The molecule has 0 saturated carbocycles. The van der Waals surface area contributed by atoms with Gasteiger partial charge >= 0.3 is 5.97 Å². The summed E-state index contributed by atoms with van der Waals surface area (Å²) in [5, 5.41) is 9.84. The molecule has 0 aromatic carbocycles. The Morgan fingerprint density at radius 2 is 2.10 bits per heavy atom. The molecule has 122 valence electrons. The maximum atomic E-state index is 11.8. The minimum Gasteiger partial charge on any atom is -0.458 e. The van der Waals surface area contributed by atoms with Gasteiger partial charge in [0.15, 0.2) is 0 Å². The standard InChI is InChI=1S/C16H28O3S2/c1-4-13(11-14(17)12(2)3)19-15(18)7-5-8-16-20-9-6-10-21-16/h4,12-14,16-17H,1,5-11H2,2-3H3/t13-,14+/m1/s1. The van der Waals surface area contributed by atoms with Crippen LogP contribution in [0.15, 0.2) is 12.7 Å². The van der Waals surface area contributed by atoms with Crippen molar-refractivity contribution in [3.8, 4) is 0 Å². The van der Waals surface area contributed by atoms with E-state index in [9.17, 15) is 9.90 Å². The number of aliphatic hydroxyl groups excluding tert-OH is 1. The molecule has 21 heavy (non-hydrogen) atoms. The van der Waals surface area contributed by atoms with Gasteiger partial charge in [0, 0.05) is 12.8 Å². The summed E-state index contributed by atoms with van der Waals surface area (Å²) in [4.78, 5) is 11.8. The zero-order chi connectivity index (χ0) is 15.7. The van der Waals surface area contributed by atoms with E-state index in [0.717, 1.165) is 12.8 Å². The van der Waals surface area contributed by atoms with Crippen molar-refractivity contribution >= 4 is 29.5 Å². The highest BCUT2D eigenvalue weighted by Crippen LogP contribution is 2.33. The summed E-state index contributed by atoms with van der Waals surface area (Å²) in [6, 6.07) is 0. The maximum absolute atomic E-state index is 11.8. The zero-order valence-electron chi connectivity index (χ0n) is 13.1. The number of ether oxygens (including phenoxy) is 1. The average molecular weight is 333 g/mol. The first-order valence-electron chi connectivity index (χ1n) is 7.76. The molecular weight excluding hydrogens is 304 g/mol. The summed E-state index contributed by atoms with van der Waals surface area (Å²) < 4.78 is 6.02. The molecule has 0 amide bonds. The second kappa shape index (κ2) is 10.6. The molecule has 1 N–H and O–H groups in total. The number of carbonyl (C=O) groups excluding carboxylic acids is 1. The number of esters is 1. The van der Waals surface area contributed by atoms with E-state index in [0.29, 0.717) is 17.4 Å². The van der Waals surface area contributed by atoms with Crippen LogP contribution in [0.3, 0.4) is 0 Å². The molecule has 0 aromatic rings. The minimum atomic E-state index is -0.462. The molecule has 0 unspecified atom stereocenters. The third kappa shape index (κ3) is 8.17. The van der Waals surface area contributed by atoms with Crippen molar-refractivity contribution in [2.45, 2.75) is 62.7 Å². The Morgan fingerprint density at radius 1 is 1.43 bits per heavy atom. The Labute approximate surface area is 137 Å². The van der Waals surface area contributed by atoms with Gasteiger partial charge in [-0.2, -0.15) is 0 Å². The highest BCUT2D eigenvalue weighted by atomic mass is 32.2. The van der Waals surface area contributed by atoms with Crippen molar-refractivity contribution in [1.82, 2.24) is 0 Å². The van der Waals surface area contributed by atoms with Crippen molar-refractivity contribution in [1.29, 1.82) is 0 Å². The average Bonchev–Trinajstić information content (AvgIpc) is 2.47. The Hall–Kier alpha value is -0.130. The van der Waals surface area contributed by atoms with Gasteiger partial charge in [0.25, 0.3) is 0 Å². The van der Waals surface area contributed by atoms with Gasteiger partial charge in [-0.3, -0.25) is 4.79 Å². The molecule has 0 spiro atoms. The number of hydrogen-bond donors (Lipinski definition) is 1. The summed E-state index contributed by atoms with van der Waals surface area (Å²) in [6.45, 7) is 7.59. The second-order valence-electron chi connectivity index (χ2n) is 5.73. The minimum absolute atomic E-state index is 0.159. The molecule has 0 aromatic heterocycles. The van der Waals surface area contributed by atoms with E-state index in [1.807, 2.05) is 37.4 Å². The Kier molecular flexibility index (Phi) is 9.52. The van der Waals surface area contributed by atoms with Crippen LogP contribution in [0, 0.1) is 5.92 Å². The summed E-state index contributed by atoms with van der Waals surface area (Å²) in [7, 11) is 0. The number of rotatable bonds is 9. The van der Waals surface area contributed by atoms with Crippen molar-refractivity contribution in [2.75, 3.05) is 11.5 Å². The normalized spacial score (nSPS) is 19.2. The van der Waals surface area contributed by atoms with Gasteiger partial charge in [0.1, 0.15) is 6.10 Å². The van der Waals surface area contributed by atoms with E-state index in [1.165, 1.54) is 17.9 Å². The van der Waals surface area contributed by atoms with Crippen LogP contribution >= 0.6 is 23.5 Å². The molecule has 3 nitrogen and oxygen atoms in total. The monoisotopic (exact) mass is 332 g/mol. The van der Waals surface area contributed by atoms with Gasteiger partial charge in [-0.05, 0) is 36.7 Å². The van der Waals surface area contributed by atoms with Crippen LogP contribution in [0.25, 0.3) is 0 Å². The fourth-order valence-corrected chi connectivity index (χ4v) is 5.01. The summed E-state index contributed by atoms with van der Waals surface area (Å²) in [5.74, 6) is 2.47. The quantitative estimate of drug-likeness (QED) is 0.513. The third-order valence-corrected chi connectivity index (χ3v) is 6.59. The predicted molar refractivity (Wildman–Crippen MR) is 92.7 cm³/mol. The van der Waals surface area contributed by atoms with Gasteiger partial charge in [-0.1, -0.05) is 26.5 Å². The lowest BCUT2D eigenvalue weighted by molar-refractivity contribution is -0.148. The first-order valence-corrected chi connectivity index (χ1v) is 9.86. The van der Waals surface area contributed by atoms with Crippen LogP contribution in [-0.2, 0) is 9.53 Å². The van der Waals surface area contributed by atoms with Crippen LogP contribution in [0.5, 0.6) is 0 Å². The highest BCUT2D eigenvalue weighted by Gasteiger charge is 2.19. The number of thioether (sulfide) groups is 2. The van der Waals surface area contributed by atoms with Crippen molar-refractivity contribution in [3.05, 3.63) is 12.7 Å². The van der Waals surface area contributed by atoms with Crippen LogP contribution in [-0.4, -0.2) is 39.4 Å². The van der Waals surface area contributed by atoms with Crippen molar-refractivity contribution in [2.24, 2.45) is 5.92 Å². The van der Waals surface area contributed by atoms with Crippen molar-refractivity contribution < 1.29 is 14.6 Å². The number of hydrogen-bond acceptors (Lipinski definition) is 5. The molecule has 1 rings (SSSR count). The largest absolute Gasteiger partial charge is 0.458 e. The van der Waals surface area contributed by atoms with Crippen LogP contribution < -0.4 is 0 Å². The van der Waals surface area contributed by atoms with Crippen LogP contribution in [0.2, 0.25) is 0 Å². The maximum Gasteiger partial charge on any atom is 0.306 e. The molecule has 1 aliphatic heterocycles. The van der Waals surface area contributed by atoms with Gasteiger partial charge < -0.3 is 9.84 Å². The molecule has 0 aliphatic carbocycles. The second-order valence-corrected chi connectivity index (χ2v) is 8.65. The van der Waals surface area contributed by atoms with Gasteiger partial charge in [0.05, 0.1) is 10.7 Å². The molecule has 5 heteroatoms. The van der Waals surface area contributed by atoms with E-state index in [-0.39, 0.29) is 18.0 Å². The molecule has 2 atom stereocenters. The molecular formula is C16H28O3S2. The summed E-state index contributed by atoms with van der Waals surface area (Å²) >= 11 is 4.01. The predicted octanol–water partition coefficient (Wildman–Crippen LogP) is 3.86. The molecule has 1 heterocycles. The molecule has 0 radical (unpaired) electrons. The van der Waals surface area contributed by atoms with Gasteiger partial charge in [-0.15, -0.1) is 23.5 Å². The Morgan fingerprint density at radius 3 is 2.67 bits per heavy atom. The number of aliphatic hydroxyl groups is 1. The topological polar surface area (TPSA) is 46.5 Å².